The number of hydrogen-bond donors (Lipinski definition) is 0. The van der Waals surface area contributed by atoms with E-state index in [2.05, 4.69) is 176 Å². The summed E-state index contributed by atoms with van der Waals surface area (Å²) < 4.78 is 9.01. The average molecular weight is 707 g/mol. The Bertz CT molecular complexity index is 3180. The van der Waals surface area contributed by atoms with Gasteiger partial charge in [0.15, 0.2) is 5.82 Å². The molecule has 3 nitrogen and oxygen atoms in total. The second-order valence-corrected chi connectivity index (χ2v) is 14.8. The molecule has 0 aliphatic heterocycles. The van der Waals surface area contributed by atoms with Crippen LogP contribution in [0.1, 0.15) is 0 Å². The molecule has 0 saturated heterocycles. The molecule has 11 rings (SSSR count). The Morgan fingerprint density at radius 3 is 1.76 bits per heavy atom. The molecule has 4 heteroatoms. The highest BCUT2D eigenvalue weighted by Gasteiger charge is 2.19. The molecular weight excluding hydrogens is 677 g/mol. The van der Waals surface area contributed by atoms with Crippen molar-refractivity contribution in [3.05, 3.63) is 182 Å². The Morgan fingerprint density at radius 1 is 0.407 bits per heavy atom. The molecule has 8 aromatic carbocycles. The van der Waals surface area contributed by atoms with Gasteiger partial charge in [-0.3, -0.25) is 0 Å². The Hall–Kier alpha value is -6.88. The average Bonchev–Trinajstić information content (AvgIpc) is 3.81. The minimum Gasteiger partial charge on any atom is -0.455 e. The third kappa shape index (κ3) is 5.11. The van der Waals surface area contributed by atoms with Crippen LogP contribution in [0.25, 0.3) is 109 Å². The Morgan fingerprint density at radius 2 is 1.00 bits per heavy atom. The highest BCUT2D eigenvalue weighted by molar-refractivity contribution is 7.26. The van der Waals surface area contributed by atoms with E-state index >= 15 is 0 Å². The van der Waals surface area contributed by atoms with E-state index in [1.165, 1.54) is 32.2 Å². The van der Waals surface area contributed by atoms with Gasteiger partial charge in [0.1, 0.15) is 11.2 Å². The summed E-state index contributed by atoms with van der Waals surface area (Å²) in [5.74, 6) is 0.707. The first-order valence-electron chi connectivity index (χ1n) is 18.1. The van der Waals surface area contributed by atoms with Crippen LogP contribution in [-0.4, -0.2) is 9.97 Å². The van der Waals surface area contributed by atoms with Crippen molar-refractivity contribution in [3.63, 3.8) is 0 Å². The van der Waals surface area contributed by atoms with Gasteiger partial charge in [0.25, 0.3) is 0 Å². The van der Waals surface area contributed by atoms with Gasteiger partial charge in [-0.15, -0.1) is 11.3 Å². The van der Waals surface area contributed by atoms with E-state index in [1.807, 2.05) is 6.07 Å². The van der Waals surface area contributed by atoms with Crippen LogP contribution in [0.4, 0.5) is 0 Å². The summed E-state index contributed by atoms with van der Waals surface area (Å²) in [6, 6.07) is 64.4. The molecule has 0 unspecified atom stereocenters. The number of furan rings is 1. The zero-order valence-electron chi connectivity index (χ0n) is 29.0. The van der Waals surface area contributed by atoms with Gasteiger partial charge >= 0.3 is 0 Å². The molecule has 54 heavy (non-hydrogen) atoms. The van der Waals surface area contributed by atoms with Crippen LogP contribution in [-0.2, 0) is 0 Å². The van der Waals surface area contributed by atoms with Crippen molar-refractivity contribution in [3.8, 4) is 56.0 Å². The first kappa shape index (κ1) is 30.7. The lowest BCUT2D eigenvalue weighted by Crippen LogP contribution is -1.94. The van der Waals surface area contributed by atoms with Crippen molar-refractivity contribution >= 4 is 64.4 Å². The first-order chi connectivity index (χ1) is 26.7. The molecule has 0 spiro atoms. The van der Waals surface area contributed by atoms with Gasteiger partial charge in [0.2, 0.25) is 0 Å². The lowest BCUT2D eigenvalue weighted by molar-refractivity contribution is 0.670. The smallest absolute Gasteiger partial charge is 0.160 e. The SMILES string of the molecule is c1ccc(-c2ccc(-c3nc(-c4ccc(-c5cc(-c6ccccc6)cc6c5oc5cc7ccccc7cc56)cc4)nc4c3sc3ccccc34)cc2)cc1. The van der Waals surface area contributed by atoms with E-state index in [-0.39, 0.29) is 0 Å². The van der Waals surface area contributed by atoms with Crippen molar-refractivity contribution in [2.24, 2.45) is 0 Å². The molecule has 252 valence electrons. The van der Waals surface area contributed by atoms with Crippen molar-refractivity contribution in [1.29, 1.82) is 0 Å². The van der Waals surface area contributed by atoms with Crippen molar-refractivity contribution in [1.82, 2.24) is 9.97 Å². The number of benzene rings is 8. The van der Waals surface area contributed by atoms with Gasteiger partial charge in [0.05, 0.1) is 15.9 Å². The monoisotopic (exact) mass is 706 g/mol. The summed E-state index contributed by atoms with van der Waals surface area (Å²) in [6.45, 7) is 0. The van der Waals surface area contributed by atoms with Gasteiger partial charge in [-0.25, -0.2) is 9.97 Å². The van der Waals surface area contributed by atoms with Crippen LogP contribution < -0.4 is 0 Å². The topological polar surface area (TPSA) is 38.9 Å². The zero-order valence-corrected chi connectivity index (χ0v) is 29.8. The fourth-order valence-electron chi connectivity index (χ4n) is 7.74. The largest absolute Gasteiger partial charge is 0.455 e. The minimum absolute atomic E-state index is 0.707. The normalized spacial score (nSPS) is 11.7. The van der Waals surface area contributed by atoms with E-state index in [0.717, 1.165) is 71.1 Å². The molecule has 0 aliphatic rings. The highest BCUT2D eigenvalue weighted by Crippen LogP contribution is 2.43. The lowest BCUT2D eigenvalue weighted by atomic mass is 9.95. The number of rotatable bonds is 5. The van der Waals surface area contributed by atoms with Crippen LogP contribution in [0, 0.1) is 0 Å². The Balaban J connectivity index is 1.06. The molecule has 0 saturated carbocycles. The summed E-state index contributed by atoms with van der Waals surface area (Å²) in [6.07, 6.45) is 0. The summed E-state index contributed by atoms with van der Waals surface area (Å²) in [4.78, 5) is 10.5. The van der Waals surface area contributed by atoms with Crippen molar-refractivity contribution in [2.45, 2.75) is 0 Å². The lowest BCUT2D eigenvalue weighted by Gasteiger charge is -2.10. The molecule has 0 bridgehead atoms. The molecular formula is C50H30N2OS. The molecule has 0 fully saturated rings. The van der Waals surface area contributed by atoms with Crippen molar-refractivity contribution in [2.75, 3.05) is 0 Å². The van der Waals surface area contributed by atoms with Crippen LogP contribution >= 0.6 is 11.3 Å². The van der Waals surface area contributed by atoms with E-state index < -0.39 is 0 Å². The van der Waals surface area contributed by atoms with Gasteiger partial charge in [-0.05, 0) is 68.9 Å². The van der Waals surface area contributed by atoms with Gasteiger partial charge in [-0.1, -0.05) is 152 Å². The molecule has 11 aromatic rings. The van der Waals surface area contributed by atoms with E-state index in [0.29, 0.717) is 5.82 Å². The second kappa shape index (κ2) is 12.4. The third-order valence-corrected chi connectivity index (χ3v) is 11.7. The zero-order chi connectivity index (χ0) is 35.6. The maximum atomic E-state index is 6.71. The quantitative estimate of drug-likeness (QED) is 0.179. The van der Waals surface area contributed by atoms with Crippen LogP contribution in [0.15, 0.2) is 186 Å². The Kier molecular flexibility index (Phi) is 7.04. The fourth-order valence-corrected chi connectivity index (χ4v) is 8.89. The first-order valence-corrected chi connectivity index (χ1v) is 19.0. The molecule has 0 amide bonds. The molecule has 0 N–H and O–H groups in total. The Labute approximate surface area is 315 Å². The maximum absolute atomic E-state index is 6.71. The van der Waals surface area contributed by atoms with Crippen LogP contribution in [0.5, 0.6) is 0 Å². The molecule has 3 aromatic heterocycles. The van der Waals surface area contributed by atoms with Crippen LogP contribution in [0.2, 0.25) is 0 Å². The van der Waals surface area contributed by atoms with E-state index in [4.69, 9.17) is 14.4 Å². The summed E-state index contributed by atoms with van der Waals surface area (Å²) in [5, 5.41) is 5.74. The molecule has 3 heterocycles. The minimum atomic E-state index is 0.707. The molecule has 0 radical (unpaired) electrons. The fraction of sp³-hybridized carbons (Fsp3) is 0. The number of fused-ring (bicyclic) bond motifs is 7. The maximum Gasteiger partial charge on any atom is 0.160 e. The predicted molar refractivity (Wildman–Crippen MR) is 227 cm³/mol. The third-order valence-electron chi connectivity index (χ3n) is 10.5. The van der Waals surface area contributed by atoms with E-state index in [9.17, 15) is 0 Å². The predicted octanol–water partition coefficient (Wildman–Crippen LogP) is 14.2. The highest BCUT2D eigenvalue weighted by atomic mass is 32.1. The second-order valence-electron chi connectivity index (χ2n) is 13.8. The van der Waals surface area contributed by atoms with Gasteiger partial charge in [0, 0.05) is 37.5 Å². The summed E-state index contributed by atoms with van der Waals surface area (Å²) in [7, 11) is 0. The standard InChI is InChI=1S/C50H30N2OS/c1-3-11-31(12-4-1)33-19-23-35(24-20-33)46-49-47(40-17-9-10-18-45(40)54-49)52-50(51-46)36-25-21-34(22-26-36)41-28-39(32-13-5-2-6-14-32)29-43-42-27-37-15-7-8-16-38(37)30-44(42)53-48(41)43/h1-30H. The number of thiophene rings is 1. The van der Waals surface area contributed by atoms with Crippen molar-refractivity contribution < 1.29 is 4.42 Å². The summed E-state index contributed by atoms with van der Waals surface area (Å²) in [5.41, 5.74) is 12.6. The number of aromatic nitrogens is 2. The molecule has 0 aliphatic carbocycles. The van der Waals surface area contributed by atoms with Crippen LogP contribution in [0.3, 0.4) is 0 Å². The van der Waals surface area contributed by atoms with Gasteiger partial charge < -0.3 is 4.42 Å². The van der Waals surface area contributed by atoms with E-state index in [1.54, 1.807) is 11.3 Å². The van der Waals surface area contributed by atoms with Gasteiger partial charge in [-0.2, -0.15) is 0 Å². The molecule has 0 atom stereocenters. The number of nitrogens with zero attached hydrogens (tertiary/aromatic N) is 2. The number of hydrogen-bond acceptors (Lipinski definition) is 4. The summed E-state index contributed by atoms with van der Waals surface area (Å²) >= 11 is 1.75.